The van der Waals surface area contributed by atoms with Gasteiger partial charge in [0.2, 0.25) is 11.8 Å². The highest BCUT2D eigenvalue weighted by atomic mass is 32.2. The third kappa shape index (κ3) is 6.00. The van der Waals surface area contributed by atoms with Crippen LogP contribution in [0, 0.1) is 5.92 Å². The number of fused-ring (bicyclic) bond motifs is 1. The minimum atomic E-state index is -0.556. The monoisotopic (exact) mass is 427 g/mol. The third-order valence-corrected chi connectivity index (χ3v) is 5.75. The Labute approximate surface area is 179 Å². The Balaban J connectivity index is 1.45. The lowest BCUT2D eigenvalue weighted by molar-refractivity contribution is -0.124. The number of para-hydroxylation sites is 1. The van der Waals surface area contributed by atoms with Gasteiger partial charge < -0.3 is 10.1 Å². The van der Waals surface area contributed by atoms with E-state index in [1.807, 2.05) is 24.3 Å². The summed E-state index contributed by atoms with van der Waals surface area (Å²) < 4.78 is 5.63. The molecule has 0 aromatic heterocycles. The standard InChI is InChI=1S/C22H25N3O4S/c1-14(2)11-12-29-16-9-7-15(8-10-16)21(27)25-24-20(26)13-19-22(28)23-17-5-3-4-6-18(17)30-19/h3-10,14,19H,11-13H2,1-2H3,(H,23,28)(H,24,26)(H,25,27). The molecule has 0 saturated heterocycles. The lowest BCUT2D eigenvalue weighted by atomic mass is 10.1. The van der Waals surface area contributed by atoms with Crippen molar-refractivity contribution in [2.45, 2.75) is 36.8 Å². The Hall–Kier alpha value is -3.00. The van der Waals surface area contributed by atoms with E-state index in [4.69, 9.17) is 4.74 Å². The van der Waals surface area contributed by atoms with E-state index in [1.165, 1.54) is 11.8 Å². The second-order valence-electron chi connectivity index (χ2n) is 7.35. The molecule has 0 spiro atoms. The predicted octanol–water partition coefficient (Wildman–Crippen LogP) is 3.38. The number of rotatable bonds is 7. The average Bonchev–Trinajstić information content (AvgIpc) is 2.73. The van der Waals surface area contributed by atoms with Crippen LogP contribution in [0.25, 0.3) is 0 Å². The van der Waals surface area contributed by atoms with Crippen molar-refractivity contribution in [2.24, 2.45) is 5.92 Å². The van der Waals surface area contributed by atoms with E-state index < -0.39 is 17.1 Å². The summed E-state index contributed by atoms with van der Waals surface area (Å²) in [4.78, 5) is 37.5. The Bertz CT molecular complexity index is 915. The molecule has 2 aromatic carbocycles. The number of carbonyl (C=O) groups excluding carboxylic acids is 3. The predicted molar refractivity (Wildman–Crippen MR) is 116 cm³/mol. The van der Waals surface area contributed by atoms with Gasteiger partial charge in [-0.1, -0.05) is 26.0 Å². The summed E-state index contributed by atoms with van der Waals surface area (Å²) in [6.45, 7) is 4.88. The van der Waals surface area contributed by atoms with E-state index >= 15 is 0 Å². The minimum Gasteiger partial charge on any atom is -0.494 e. The third-order valence-electron chi connectivity index (χ3n) is 4.47. The van der Waals surface area contributed by atoms with E-state index in [0.29, 0.717) is 23.8 Å². The summed E-state index contributed by atoms with van der Waals surface area (Å²) in [5.74, 6) is 0.142. The lowest BCUT2D eigenvalue weighted by Gasteiger charge is -2.23. The van der Waals surface area contributed by atoms with Crippen LogP contribution in [0.1, 0.15) is 37.0 Å². The highest BCUT2D eigenvalue weighted by Crippen LogP contribution is 2.36. The highest BCUT2D eigenvalue weighted by molar-refractivity contribution is 8.01. The SMILES string of the molecule is CC(C)CCOc1ccc(C(=O)NNC(=O)CC2Sc3ccccc3NC2=O)cc1. The maximum Gasteiger partial charge on any atom is 0.269 e. The summed E-state index contributed by atoms with van der Waals surface area (Å²) in [6, 6.07) is 14.1. The Morgan fingerprint density at radius 2 is 1.83 bits per heavy atom. The maximum absolute atomic E-state index is 12.2. The van der Waals surface area contributed by atoms with Crippen molar-refractivity contribution >= 4 is 35.2 Å². The molecule has 0 bridgehead atoms. The van der Waals surface area contributed by atoms with Gasteiger partial charge in [0.15, 0.2) is 0 Å². The number of carbonyl (C=O) groups is 3. The molecule has 1 heterocycles. The first-order chi connectivity index (χ1) is 14.4. The number of ether oxygens (including phenoxy) is 1. The van der Waals surface area contributed by atoms with Gasteiger partial charge in [-0.25, -0.2) is 0 Å². The molecule has 0 aliphatic carbocycles. The van der Waals surface area contributed by atoms with Crippen molar-refractivity contribution in [1.29, 1.82) is 0 Å². The highest BCUT2D eigenvalue weighted by Gasteiger charge is 2.28. The first-order valence-electron chi connectivity index (χ1n) is 9.81. The zero-order valence-electron chi connectivity index (χ0n) is 16.9. The molecule has 2 aromatic rings. The number of anilines is 1. The van der Waals surface area contributed by atoms with Gasteiger partial charge in [0.25, 0.3) is 5.91 Å². The summed E-state index contributed by atoms with van der Waals surface area (Å²) in [5.41, 5.74) is 5.89. The van der Waals surface area contributed by atoms with E-state index in [2.05, 4.69) is 30.0 Å². The molecule has 3 N–H and O–H groups in total. The topological polar surface area (TPSA) is 96.5 Å². The smallest absolute Gasteiger partial charge is 0.269 e. The van der Waals surface area contributed by atoms with Crippen LogP contribution in [-0.2, 0) is 9.59 Å². The minimum absolute atomic E-state index is 0.0479. The van der Waals surface area contributed by atoms with Gasteiger partial charge in [0.1, 0.15) is 5.75 Å². The molecule has 3 amide bonds. The molecular formula is C22H25N3O4S. The zero-order chi connectivity index (χ0) is 21.5. The number of amides is 3. The molecule has 8 heteroatoms. The van der Waals surface area contributed by atoms with Gasteiger partial charge >= 0.3 is 0 Å². The molecule has 0 fully saturated rings. The number of hydrogen-bond donors (Lipinski definition) is 3. The van der Waals surface area contributed by atoms with Crippen molar-refractivity contribution < 1.29 is 19.1 Å². The number of benzene rings is 2. The fourth-order valence-corrected chi connectivity index (χ4v) is 3.87. The van der Waals surface area contributed by atoms with Gasteiger partial charge in [0.05, 0.1) is 17.5 Å². The van der Waals surface area contributed by atoms with Crippen LogP contribution >= 0.6 is 11.8 Å². The number of hydrogen-bond acceptors (Lipinski definition) is 5. The molecule has 3 rings (SSSR count). The molecule has 158 valence electrons. The first kappa shape index (κ1) is 21.7. The van der Waals surface area contributed by atoms with Crippen molar-refractivity contribution in [3.8, 4) is 5.75 Å². The van der Waals surface area contributed by atoms with Crippen LogP contribution in [-0.4, -0.2) is 29.6 Å². The van der Waals surface area contributed by atoms with Crippen LogP contribution in [0.4, 0.5) is 5.69 Å². The Morgan fingerprint density at radius 1 is 1.10 bits per heavy atom. The second-order valence-corrected chi connectivity index (χ2v) is 8.60. The van der Waals surface area contributed by atoms with E-state index in [0.717, 1.165) is 17.0 Å². The quantitative estimate of drug-likeness (QED) is 0.589. The van der Waals surface area contributed by atoms with Crippen molar-refractivity contribution in [2.75, 3.05) is 11.9 Å². The lowest BCUT2D eigenvalue weighted by Crippen LogP contribution is -2.44. The van der Waals surface area contributed by atoms with Crippen molar-refractivity contribution in [3.05, 3.63) is 54.1 Å². The molecule has 30 heavy (non-hydrogen) atoms. The number of thioether (sulfide) groups is 1. The molecule has 1 aliphatic rings. The van der Waals surface area contributed by atoms with Crippen molar-refractivity contribution in [3.63, 3.8) is 0 Å². The fraction of sp³-hybridized carbons (Fsp3) is 0.318. The number of hydrazine groups is 1. The van der Waals surface area contributed by atoms with E-state index in [9.17, 15) is 14.4 Å². The van der Waals surface area contributed by atoms with Crippen LogP contribution in [0.15, 0.2) is 53.4 Å². The molecule has 1 unspecified atom stereocenters. The van der Waals surface area contributed by atoms with Crippen LogP contribution < -0.4 is 20.9 Å². The molecular weight excluding hydrogens is 402 g/mol. The van der Waals surface area contributed by atoms with Crippen LogP contribution in [0.3, 0.4) is 0 Å². The molecule has 1 aliphatic heterocycles. The number of nitrogens with one attached hydrogen (secondary N) is 3. The average molecular weight is 428 g/mol. The summed E-state index contributed by atoms with van der Waals surface area (Å²) >= 11 is 1.33. The van der Waals surface area contributed by atoms with E-state index in [-0.39, 0.29) is 12.3 Å². The summed E-state index contributed by atoms with van der Waals surface area (Å²) in [6.07, 6.45) is 0.908. The summed E-state index contributed by atoms with van der Waals surface area (Å²) in [5, 5.41) is 2.24. The van der Waals surface area contributed by atoms with Gasteiger partial charge in [-0.15, -0.1) is 11.8 Å². The van der Waals surface area contributed by atoms with Crippen LogP contribution in [0.2, 0.25) is 0 Å². The first-order valence-corrected chi connectivity index (χ1v) is 10.7. The van der Waals surface area contributed by atoms with E-state index in [1.54, 1.807) is 24.3 Å². The molecule has 7 nitrogen and oxygen atoms in total. The molecule has 0 radical (unpaired) electrons. The molecule has 0 saturated carbocycles. The fourth-order valence-electron chi connectivity index (χ4n) is 2.76. The Kier molecular flexibility index (Phi) is 7.35. The zero-order valence-corrected chi connectivity index (χ0v) is 17.8. The largest absolute Gasteiger partial charge is 0.494 e. The van der Waals surface area contributed by atoms with Gasteiger partial charge in [0, 0.05) is 16.9 Å². The van der Waals surface area contributed by atoms with Crippen LogP contribution in [0.5, 0.6) is 5.75 Å². The summed E-state index contributed by atoms with van der Waals surface area (Å²) in [7, 11) is 0. The van der Waals surface area contributed by atoms with Gasteiger partial charge in [-0.2, -0.15) is 0 Å². The van der Waals surface area contributed by atoms with Gasteiger partial charge in [-0.05, 0) is 48.7 Å². The Morgan fingerprint density at radius 3 is 2.57 bits per heavy atom. The normalized spacial score (nSPS) is 15.2. The van der Waals surface area contributed by atoms with Gasteiger partial charge in [-0.3, -0.25) is 25.2 Å². The molecule has 1 atom stereocenters. The van der Waals surface area contributed by atoms with Crippen molar-refractivity contribution in [1.82, 2.24) is 10.9 Å². The maximum atomic E-state index is 12.2. The second kappa shape index (κ2) is 10.2.